The quantitative estimate of drug-likeness (QED) is 0.732. The van der Waals surface area contributed by atoms with E-state index in [1.54, 1.807) is 19.3 Å². The van der Waals surface area contributed by atoms with Gasteiger partial charge in [-0.1, -0.05) is 13.0 Å². The number of carbonyl (C=O) groups is 1. The zero-order chi connectivity index (χ0) is 21.0. The Morgan fingerprint density at radius 2 is 2.03 bits per heavy atom. The summed E-state index contributed by atoms with van der Waals surface area (Å²) in [7, 11) is 4.45. The van der Waals surface area contributed by atoms with E-state index in [1.807, 2.05) is 19.1 Å². The number of rotatable bonds is 6. The van der Waals surface area contributed by atoms with Crippen LogP contribution >= 0.6 is 0 Å². The summed E-state index contributed by atoms with van der Waals surface area (Å²) in [6.07, 6.45) is 2.90. The van der Waals surface area contributed by atoms with Gasteiger partial charge in [0.15, 0.2) is 22.9 Å². The number of benzene rings is 1. The number of hydrogen-bond acceptors (Lipinski definition) is 7. The van der Waals surface area contributed by atoms with Crippen molar-refractivity contribution >= 4 is 5.78 Å². The zero-order valence-corrected chi connectivity index (χ0v) is 17.1. The third-order valence-electron chi connectivity index (χ3n) is 6.80. The van der Waals surface area contributed by atoms with Crippen molar-refractivity contribution in [2.45, 2.75) is 31.0 Å². The van der Waals surface area contributed by atoms with Crippen molar-refractivity contribution in [3.05, 3.63) is 42.2 Å². The number of Topliss-reactive ketones (excluding diaryl/α,β-unsaturated/α-hetero) is 1. The van der Waals surface area contributed by atoms with Crippen molar-refractivity contribution in [3.63, 3.8) is 0 Å². The van der Waals surface area contributed by atoms with Gasteiger partial charge < -0.3 is 28.8 Å². The molecule has 4 rings (SSSR count). The Labute approximate surface area is 169 Å². The van der Waals surface area contributed by atoms with Crippen molar-refractivity contribution in [2.75, 3.05) is 28.1 Å². The number of aliphatic hydroxyl groups is 1. The van der Waals surface area contributed by atoms with Gasteiger partial charge in [-0.25, -0.2) is 0 Å². The van der Waals surface area contributed by atoms with E-state index in [-0.39, 0.29) is 24.3 Å². The summed E-state index contributed by atoms with van der Waals surface area (Å²) in [5, 5.41) is 11.5. The smallest absolute Gasteiger partial charge is 0.232 e. The Balaban J connectivity index is 1.96. The van der Waals surface area contributed by atoms with Crippen LogP contribution in [0.25, 0.3) is 0 Å². The summed E-state index contributed by atoms with van der Waals surface area (Å²) in [6.45, 7) is 5.97. The molecule has 0 aromatic heterocycles. The maximum absolute atomic E-state index is 13.5. The highest BCUT2D eigenvalue weighted by Crippen LogP contribution is 2.64. The standard InChI is InChI=1S/C22H26O7/c1-6-7-21-10-16(26-4)19(23)22(27-5,20(21)24)17(12(21)2)13-8-14(25-3)18-15(9-13)28-11-29-18/h6,8-10,12,17,20,24H,1,7,11H2,2-5H3/t12-,17+,20+,21-,22+/m1/s1. The van der Waals surface area contributed by atoms with E-state index < -0.39 is 23.0 Å². The van der Waals surface area contributed by atoms with E-state index in [0.717, 1.165) is 5.56 Å². The fourth-order valence-corrected chi connectivity index (χ4v) is 5.43. The van der Waals surface area contributed by atoms with Gasteiger partial charge in [-0.05, 0) is 36.1 Å². The topological polar surface area (TPSA) is 83.5 Å². The van der Waals surface area contributed by atoms with Gasteiger partial charge in [-0.2, -0.15) is 0 Å². The largest absolute Gasteiger partial charge is 0.493 e. The fraction of sp³-hybridized carbons (Fsp3) is 0.500. The number of fused-ring (bicyclic) bond motifs is 3. The van der Waals surface area contributed by atoms with Crippen molar-refractivity contribution in [1.29, 1.82) is 0 Å². The molecule has 0 radical (unpaired) electrons. The molecule has 29 heavy (non-hydrogen) atoms. The first-order valence-electron chi connectivity index (χ1n) is 9.54. The Morgan fingerprint density at radius 1 is 1.28 bits per heavy atom. The average Bonchev–Trinajstić information content (AvgIpc) is 3.24. The van der Waals surface area contributed by atoms with Crippen molar-refractivity contribution in [3.8, 4) is 17.2 Å². The molecular weight excluding hydrogens is 376 g/mol. The number of methoxy groups -OCH3 is 3. The third-order valence-corrected chi connectivity index (χ3v) is 6.80. The van der Waals surface area contributed by atoms with E-state index in [2.05, 4.69) is 6.58 Å². The number of ether oxygens (including phenoxy) is 5. The van der Waals surface area contributed by atoms with Crippen LogP contribution in [-0.2, 0) is 14.3 Å². The molecule has 2 aliphatic carbocycles. The first kappa shape index (κ1) is 19.8. The molecule has 3 aliphatic rings. The van der Waals surface area contributed by atoms with Gasteiger partial charge in [0, 0.05) is 18.4 Å². The van der Waals surface area contributed by atoms with Gasteiger partial charge in [0.05, 0.1) is 14.2 Å². The molecule has 1 N–H and O–H groups in total. The number of ketones is 1. The van der Waals surface area contributed by atoms with E-state index in [0.29, 0.717) is 23.7 Å². The second-order valence-corrected chi connectivity index (χ2v) is 7.77. The average molecular weight is 402 g/mol. The van der Waals surface area contributed by atoms with Gasteiger partial charge in [0.25, 0.3) is 0 Å². The van der Waals surface area contributed by atoms with E-state index in [4.69, 9.17) is 23.7 Å². The monoisotopic (exact) mass is 402 g/mol. The predicted molar refractivity (Wildman–Crippen MR) is 104 cm³/mol. The van der Waals surface area contributed by atoms with Crippen molar-refractivity contribution in [1.82, 2.24) is 0 Å². The first-order chi connectivity index (χ1) is 13.9. The van der Waals surface area contributed by atoms with Crippen LogP contribution in [0.15, 0.2) is 36.6 Å². The summed E-state index contributed by atoms with van der Waals surface area (Å²) in [4.78, 5) is 13.5. The molecule has 0 unspecified atom stereocenters. The number of allylic oxidation sites excluding steroid dienone is 1. The van der Waals surface area contributed by atoms with Crippen LogP contribution in [0.5, 0.6) is 17.2 Å². The van der Waals surface area contributed by atoms with Gasteiger partial charge in [-0.15, -0.1) is 6.58 Å². The third kappa shape index (κ3) is 2.34. The SMILES string of the molecule is C=CC[C@@]12C=C(OC)C(=O)[C@@](OC)([C@H](c3cc(OC)c4c(c3)OCO4)[C@H]1C)[C@H]2O. The first-order valence-corrected chi connectivity index (χ1v) is 9.54. The predicted octanol–water partition coefficient (Wildman–Crippen LogP) is 2.58. The van der Waals surface area contributed by atoms with Crippen molar-refractivity contribution < 1.29 is 33.6 Å². The van der Waals surface area contributed by atoms with Crippen LogP contribution in [0.4, 0.5) is 0 Å². The Kier molecular flexibility index (Phi) is 4.63. The summed E-state index contributed by atoms with van der Waals surface area (Å²) in [5.74, 6) is 0.759. The highest BCUT2D eigenvalue weighted by atomic mass is 16.7. The molecule has 0 spiro atoms. The molecule has 0 amide bonds. The minimum atomic E-state index is -1.50. The molecule has 2 bridgehead atoms. The second kappa shape index (κ2) is 6.78. The molecule has 7 heteroatoms. The molecule has 156 valence electrons. The lowest BCUT2D eigenvalue weighted by atomic mass is 9.70. The molecule has 7 nitrogen and oxygen atoms in total. The number of aliphatic hydroxyl groups excluding tert-OH is 1. The molecular formula is C22H26O7. The molecule has 5 atom stereocenters. The molecule has 1 aromatic carbocycles. The Hall–Kier alpha value is -2.51. The summed E-state index contributed by atoms with van der Waals surface area (Å²) >= 11 is 0. The molecule has 1 heterocycles. The summed E-state index contributed by atoms with van der Waals surface area (Å²) in [6, 6.07) is 3.66. The van der Waals surface area contributed by atoms with Crippen LogP contribution in [0.1, 0.15) is 24.8 Å². The second-order valence-electron chi connectivity index (χ2n) is 7.77. The molecule has 0 saturated heterocycles. The summed E-state index contributed by atoms with van der Waals surface area (Å²) < 4.78 is 27.8. The van der Waals surface area contributed by atoms with Gasteiger partial charge in [-0.3, -0.25) is 4.79 Å². The molecule has 1 saturated carbocycles. The van der Waals surface area contributed by atoms with E-state index in [9.17, 15) is 9.90 Å². The minimum absolute atomic E-state index is 0.0993. The highest BCUT2D eigenvalue weighted by Gasteiger charge is 2.72. The molecule has 1 aliphatic heterocycles. The maximum Gasteiger partial charge on any atom is 0.232 e. The van der Waals surface area contributed by atoms with Gasteiger partial charge in [0.1, 0.15) is 6.10 Å². The minimum Gasteiger partial charge on any atom is -0.493 e. The fourth-order valence-electron chi connectivity index (χ4n) is 5.43. The Bertz CT molecular complexity index is 891. The lowest BCUT2D eigenvalue weighted by molar-refractivity contribution is -0.162. The van der Waals surface area contributed by atoms with Crippen LogP contribution < -0.4 is 14.2 Å². The zero-order valence-electron chi connectivity index (χ0n) is 17.1. The highest BCUT2D eigenvalue weighted by molar-refractivity contribution is 6.04. The van der Waals surface area contributed by atoms with E-state index >= 15 is 0 Å². The normalized spacial score (nSPS) is 34.7. The van der Waals surface area contributed by atoms with Gasteiger partial charge >= 0.3 is 0 Å². The van der Waals surface area contributed by atoms with Crippen LogP contribution in [0.2, 0.25) is 0 Å². The Morgan fingerprint density at radius 3 is 2.66 bits per heavy atom. The molecule has 1 aromatic rings. The van der Waals surface area contributed by atoms with Crippen molar-refractivity contribution in [2.24, 2.45) is 11.3 Å². The lowest BCUT2D eigenvalue weighted by Gasteiger charge is -2.41. The van der Waals surface area contributed by atoms with E-state index in [1.165, 1.54) is 14.2 Å². The lowest BCUT2D eigenvalue weighted by Crippen LogP contribution is -2.57. The van der Waals surface area contributed by atoms with Gasteiger partial charge in [0.2, 0.25) is 18.3 Å². The summed E-state index contributed by atoms with van der Waals surface area (Å²) in [5.41, 5.74) is -1.49. The maximum atomic E-state index is 13.5. The molecule has 1 fully saturated rings. The van der Waals surface area contributed by atoms with Crippen LogP contribution in [0, 0.1) is 11.3 Å². The number of hydrogen-bond donors (Lipinski definition) is 1. The van der Waals surface area contributed by atoms with Crippen LogP contribution in [0.3, 0.4) is 0 Å². The van der Waals surface area contributed by atoms with Crippen LogP contribution in [-0.4, -0.2) is 50.7 Å². The number of carbonyl (C=O) groups excluding carboxylic acids is 1.